The van der Waals surface area contributed by atoms with Gasteiger partial charge < -0.3 is 14.9 Å². The standard InChI is InChI=1S/C7H5F2NO2.C6H4ClF2N.C6H3F2NO2.C6H5F2NO/c1-12-7(11)6-5(9)2-4(8)3-10-6;7-2-6-5(9)1-4(8)3-10-6;7-3-1-4(8)5(6(10)11)9-2-3;7-4-1-5(8)6(3-10)9-2-4/h2-3H,1H3;1,3H,2H2;1-2H,(H,10,11);1-2,10H,3H2/i;2D2;;3D2. The zero-order chi connectivity index (χ0) is 36.3. The van der Waals surface area contributed by atoms with Gasteiger partial charge in [0, 0.05) is 24.3 Å². The lowest BCUT2D eigenvalue weighted by atomic mass is 10.3. The van der Waals surface area contributed by atoms with Crippen LogP contribution in [-0.2, 0) is 17.1 Å². The molecule has 0 radical (unpaired) electrons. The van der Waals surface area contributed by atoms with Crippen LogP contribution < -0.4 is 0 Å². The van der Waals surface area contributed by atoms with Crippen LogP contribution in [-0.4, -0.2) is 49.2 Å². The van der Waals surface area contributed by atoms with E-state index in [9.17, 15) is 44.7 Å². The second kappa shape index (κ2) is 17.9. The molecule has 2 N–H and O–H groups in total. The molecule has 0 aliphatic carbocycles. The number of aromatic carboxylic acids is 1. The van der Waals surface area contributed by atoms with Gasteiger partial charge in [-0.05, 0) is 0 Å². The summed E-state index contributed by atoms with van der Waals surface area (Å²) in [7, 11) is 1.09. The zero-order valence-corrected chi connectivity index (χ0v) is 21.7. The van der Waals surface area contributed by atoms with Gasteiger partial charge in [0.25, 0.3) is 0 Å². The number of aliphatic hydroxyl groups is 1. The molecule has 0 atom stereocenters. The van der Waals surface area contributed by atoms with Crippen molar-refractivity contribution in [2.24, 2.45) is 0 Å². The van der Waals surface area contributed by atoms with Crippen molar-refractivity contribution in [2.75, 3.05) is 7.11 Å². The number of hydrogen-bond donors (Lipinski definition) is 2. The molecule has 0 bridgehead atoms. The lowest BCUT2D eigenvalue weighted by Gasteiger charge is -1.98. The molecule has 43 heavy (non-hydrogen) atoms. The molecule has 0 saturated heterocycles. The van der Waals surface area contributed by atoms with Crippen molar-refractivity contribution in [1.29, 1.82) is 0 Å². The van der Waals surface area contributed by atoms with E-state index in [1.165, 1.54) is 0 Å². The number of pyridine rings is 4. The summed E-state index contributed by atoms with van der Waals surface area (Å²) in [5, 5.41) is 16.9. The molecule has 0 saturated carbocycles. The van der Waals surface area contributed by atoms with Crippen LogP contribution in [0.3, 0.4) is 0 Å². The third-order valence-electron chi connectivity index (χ3n) is 4.01. The number of ether oxygens (including phenoxy) is 1. The molecular formula is C25H17ClF8N4O5. The van der Waals surface area contributed by atoms with E-state index in [0.717, 1.165) is 13.3 Å². The highest BCUT2D eigenvalue weighted by molar-refractivity contribution is 6.16. The maximum Gasteiger partial charge on any atom is 0.359 e. The van der Waals surface area contributed by atoms with E-state index in [2.05, 4.69) is 24.7 Å². The summed E-state index contributed by atoms with van der Waals surface area (Å²) in [5.74, 6) is -12.8. The van der Waals surface area contributed by atoms with Crippen LogP contribution in [0, 0.1) is 46.5 Å². The zero-order valence-electron chi connectivity index (χ0n) is 24.9. The summed E-state index contributed by atoms with van der Waals surface area (Å²) in [6, 6.07) is 2.02. The number of carboxylic acids is 1. The summed E-state index contributed by atoms with van der Waals surface area (Å²) in [6.07, 6.45) is 2.73. The second-order valence-corrected chi connectivity index (χ2v) is 7.13. The average Bonchev–Trinajstić information content (AvgIpc) is 2.92. The number of alkyl halides is 1. The quantitative estimate of drug-likeness (QED) is 0.176. The lowest BCUT2D eigenvalue weighted by Crippen LogP contribution is -2.07. The smallest absolute Gasteiger partial charge is 0.359 e. The molecule has 4 heterocycles. The van der Waals surface area contributed by atoms with Gasteiger partial charge in [0.1, 0.15) is 40.6 Å². The number of nitrogens with zero attached hydrogens (tertiary/aromatic N) is 4. The number of methoxy groups -OCH3 is 1. The van der Waals surface area contributed by atoms with Crippen molar-refractivity contribution >= 4 is 23.5 Å². The first-order valence-corrected chi connectivity index (χ1v) is 10.9. The SMILES string of the molecule is COC(=O)c1ncc(F)cc1F.O=C(O)c1ncc(F)cc1F.[2H]C([2H])(Cl)c1ncc(F)cc1F.[2H]C([2H])(O)c1ncc(F)cc1F. The topological polar surface area (TPSA) is 135 Å². The van der Waals surface area contributed by atoms with Crippen LogP contribution in [0.2, 0.25) is 0 Å². The van der Waals surface area contributed by atoms with Crippen LogP contribution in [0.4, 0.5) is 35.1 Å². The van der Waals surface area contributed by atoms with E-state index in [-0.39, 0.29) is 0 Å². The number of hydrogen-bond acceptors (Lipinski definition) is 8. The van der Waals surface area contributed by atoms with Gasteiger partial charge in [-0.15, -0.1) is 11.6 Å². The Kier molecular flexibility index (Phi) is 12.4. The third-order valence-corrected chi connectivity index (χ3v) is 4.19. The predicted octanol–water partition coefficient (Wildman–Crippen LogP) is 5.16. The molecule has 0 spiro atoms. The normalized spacial score (nSPS) is 11.8. The van der Waals surface area contributed by atoms with E-state index in [4.69, 9.17) is 27.3 Å². The molecule has 0 fully saturated rings. The Bertz CT molecular complexity index is 1660. The molecule has 0 amide bonds. The van der Waals surface area contributed by atoms with Gasteiger partial charge in [0.2, 0.25) is 0 Å². The minimum Gasteiger partial charge on any atom is -0.476 e. The summed E-state index contributed by atoms with van der Waals surface area (Å²) < 4.78 is 131. The van der Waals surface area contributed by atoms with Crippen LogP contribution in [0.15, 0.2) is 49.1 Å². The molecule has 4 aromatic rings. The summed E-state index contributed by atoms with van der Waals surface area (Å²) >= 11 is 5.12. The Balaban J connectivity index is 0.000000314. The fraction of sp³-hybridized carbons (Fsp3) is 0.120. The molecule has 0 aliphatic heterocycles. The Morgan fingerprint density at radius 1 is 0.721 bits per heavy atom. The number of halogens is 9. The molecular weight excluding hydrogens is 624 g/mol. The van der Waals surface area contributed by atoms with Crippen LogP contribution in [0.1, 0.15) is 37.8 Å². The van der Waals surface area contributed by atoms with Crippen LogP contribution in [0.5, 0.6) is 0 Å². The molecule has 0 unspecified atom stereocenters. The Morgan fingerprint density at radius 2 is 1.09 bits per heavy atom. The minimum atomic E-state index is -2.88. The molecule has 18 heteroatoms. The lowest BCUT2D eigenvalue weighted by molar-refractivity contribution is 0.0587. The maximum absolute atomic E-state index is 12.7. The fourth-order valence-corrected chi connectivity index (χ4v) is 2.35. The summed E-state index contributed by atoms with van der Waals surface area (Å²) in [4.78, 5) is 33.3. The molecule has 4 rings (SSSR count). The Labute approximate surface area is 247 Å². The molecule has 4 aromatic heterocycles. The van der Waals surface area contributed by atoms with Gasteiger partial charge in [-0.2, -0.15) is 0 Å². The van der Waals surface area contributed by atoms with Gasteiger partial charge in [-0.1, -0.05) is 0 Å². The van der Waals surface area contributed by atoms with Gasteiger partial charge in [-0.3, -0.25) is 9.97 Å². The number of rotatable bonds is 4. The number of carbonyl (C=O) groups is 2. The van der Waals surface area contributed by atoms with E-state index < -0.39 is 93.6 Å². The van der Waals surface area contributed by atoms with E-state index >= 15 is 0 Å². The Morgan fingerprint density at radius 3 is 1.42 bits per heavy atom. The van der Waals surface area contributed by atoms with E-state index in [1.54, 1.807) is 0 Å². The summed E-state index contributed by atoms with van der Waals surface area (Å²) in [6.45, 7) is -2.88. The van der Waals surface area contributed by atoms with Crippen LogP contribution in [0.25, 0.3) is 0 Å². The highest BCUT2D eigenvalue weighted by Gasteiger charge is 2.14. The third kappa shape index (κ3) is 12.3. The largest absolute Gasteiger partial charge is 0.476 e. The van der Waals surface area contributed by atoms with Crippen molar-refractivity contribution in [3.05, 3.63) is 118 Å². The fourth-order valence-electron chi connectivity index (χ4n) is 2.21. The van der Waals surface area contributed by atoms with Crippen molar-refractivity contribution in [3.8, 4) is 0 Å². The minimum absolute atomic E-state index is 0.455. The van der Waals surface area contributed by atoms with Crippen LogP contribution >= 0.6 is 11.6 Å². The highest BCUT2D eigenvalue weighted by atomic mass is 35.5. The first kappa shape index (κ1) is 29.7. The second-order valence-electron chi connectivity index (χ2n) is 6.94. The average molecular weight is 645 g/mol. The Hall–Kier alpha value is -4.77. The maximum atomic E-state index is 12.7. The van der Waals surface area contributed by atoms with Gasteiger partial charge >= 0.3 is 11.9 Å². The number of carbonyl (C=O) groups excluding carboxylic acids is 1. The van der Waals surface area contributed by atoms with Crippen molar-refractivity contribution in [1.82, 2.24) is 19.9 Å². The van der Waals surface area contributed by atoms with Crippen molar-refractivity contribution < 1.29 is 65.1 Å². The predicted molar refractivity (Wildman–Crippen MR) is 130 cm³/mol. The van der Waals surface area contributed by atoms with Gasteiger partial charge in [-0.25, -0.2) is 54.7 Å². The number of esters is 1. The number of aromatic nitrogens is 4. The first-order valence-electron chi connectivity index (χ1n) is 12.6. The van der Waals surface area contributed by atoms with E-state index in [1.807, 2.05) is 0 Å². The molecule has 0 aromatic carbocycles. The number of carboxylic acid groups (broad SMARTS) is 1. The van der Waals surface area contributed by atoms with Gasteiger partial charge in [0.05, 0.1) is 55.5 Å². The molecule has 0 aliphatic rings. The summed E-state index contributed by atoms with van der Waals surface area (Å²) in [5.41, 5.74) is -2.71. The monoisotopic (exact) mass is 644 g/mol. The highest BCUT2D eigenvalue weighted by Crippen LogP contribution is 2.09. The van der Waals surface area contributed by atoms with Crippen molar-refractivity contribution in [2.45, 2.75) is 12.4 Å². The first-order chi connectivity index (χ1) is 21.6. The van der Waals surface area contributed by atoms with E-state index in [0.29, 0.717) is 42.9 Å². The molecule has 9 nitrogen and oxygen atoms in total. The van der Waals surface area contributed by atoms with Crippen molar-refractivity contribution in [3.63, 3.8) is 0 Å². The van der Waals surface area contributed by atoms with Gasteiger partial charge in [0.15, 0.2) is 23.0 Å². The molecule has 230 valence electrons.